The van der Waals surface area contributed by atoms with Crippen molar-refractivity contribution >= 4 is 43.6 Å². The SMILES string of the molecule is N#Cc1cc(C#N)c(-c2ccc3c(c2)c2cc(-c4c(C#N)cc(C#N)cc4C#N)ccc2n3-c2ccc(-c3ccc(C(F)(F)F)cc3C#N)cc2-c2c(C#N)cccc2-n2c3ccc(-c4c(C#N)cc(C#N)cc4C#N)cc3c3cc(-c4c(C#N)cc(C#N)cc4C#N)ccc32)c(C#N)c1. The van der Waals surface area contributed by atoms with Crippen LogP contribution in [0.2, 0.25) is 0 Å². The molecular weight excluding hydrogens is 1250 g/mol. The highest BCUT2D eigenvalue weighted by molar-refractivity contribution is 6.15. The van der Waals surface area contributed by atoms with E-state index in [2.05, 4.69) is 54.6 Å². The topological polar surface area (TPSA) is 343 Å². The number of hydrogen-bond donors (Lipinski definition) is 0. The molecule has 0 radical (unpaired) electrons. The summed E-state index contributed by atoms with van der Waals surface area (Å²) in [6.45, 7) is 0. The van der Waals surface area contributed by atoms with E-state index in [1.165, 1.54) is 54.6 Å². The van der Waals surface area contributed by atoms with Crippen LogP contribution in [-0.2, 0) is 6.18 Å². The van der Waals surface area contributed by atoms with Gasteiger partial charge in [0.25, 0.3) is 0 Å². The summed E-state index contributed by atoms with van der Waals surface area (Å²) in [7, 11) is 0. The molecule has 0 fully saturated rings. The zero-order valence-corrected chi connectivity index (χ0v) is 51.0. The van der Waals surface area contributed by atoms with Crippen molar-refractivity contribution in [2.75, 3.05) is 0 Å². The maximum Gasteiger partial charge on any atom is 0.416 e. The molecule has 2 heterocycles. The van der Waals surface area contributed by atoms with Crippen molar-refractivity contribution in [1.29, 1.82) is 73.7 Å². The molecule has 454 valence electrons. The molecule has 0 amide bonds. The van der Waals surface area contributed by atoms with Crippen molar-refractivity contribution in [3.05, 3.63) is 259 Å². The predicted molar refractivity (Wildman–Crippen MR) is 359 cm³/mol. The Morgan fingerprint density at radius 3 is 0.850 bits per heavy atom. The Balaban J connectivity index is 1.18. The summed E-state index contributed by atoms with van der Waals surface area (Å²) in [6, 6.07) is 73.3. The first-order valence-electron chi connectivity index (χ1n) is 29.6. The lowest BCUT2D eigenvalue weighted by atomic mass is 9.91. The maximum atomic E-state index is 14.4. The third kappa shape index (κ3) is 10.1. The number of aromatic nitrogens is 2. The molecule has 0 N–H and O–H groups in total. The van der Waals surface area contributed by atoms with Crippen LogP contribution in [0.25, 0.3) is 122 Å². The molecule has 16 nitrogen and oxygen atoms in total. The highest BCUT2D eigenvalue weighted by Gasteiger charge is 2.32. The number of benzene rings is 11. The summed E-state index contributed by atoms with van der Waals surface area (Å²) < 4.78 is 47.0. The number of rotatable bonds is 8. The zero-order valence-electron chi connectivity index (χ0n) is 51.0. The molecule has 0 aliphatic rings. The predicted octanol–water partition coefficient (Wildman–Crippen LogP) is 17.1. The Labute approximate surface area is 565 Å². The van der Waals surface area contributed by atoms with Crippen LogP contribution in [0.3, 0.4) is 0 Å². The molecule has 2 aromatic heterocycles. The monoisotopic (exact) mass is 1280 g/mol. The van der Waals surface area contributed by atoms with Crippen LogP contribution in [0.1, 0.15) is 83.5 Å². The molecule has 0 atom stereocenters. The second kappa shape index (κ2) is 24.6. The van der Waals surface area contributed by atoms with E-state index in [0.717, 1.165) is 12.1 Å². The lowest BCUT2D eigenvalue weighted by Gasteiger charge is -2.21. The Hall–Kier alpha value is -16.3. The van der Waals surface area contributed by atoms with Crippen LogP contribution in [0.15, 0.2) is 176 Å². The van der Waals surface area contributed by atoms with Crippen LogP contribution in [0.4, 0.5) is 13.2 Å². The van der Waals surface area contributed by atoms with Gasteiger partial charge in [0, 0.05) is 54.9 Å². The number of nitriles is 14. The molecule has 0 bridgehead atoms. The summed E-state index contributed by atoms with van der Waals surface area (Å²) >= 11 is 0. The first kappa shape index (κ1) is 62.5. The third-order valence-electron chi connectivity index (χ3n) is 17.4. The Morgan fingerprint density at radius 1 is 0.240 bits per heavy atom. The van der Waals surface area contributed by atoms with Gasteiger partial charge in [0.15, 0.2) is 0 Å². The van der Waals surface area contributed by atoms with Crippen molar-refractivity contribution in [1.82, 2.24) is 9.13 Å². The first-order valence-corrected chi connectivity index (χ1v) is 29.6. The summed E-state index contributed by atoms with van der Waals surface area (Å²) in [6.07, 6.45) is -4.84. The van der Waals surface area contributed by atoms with Gasteiger partial charge in [-0.15, -0.1) is 0 Å². The van der Waals surface area contributed by atoms with Gasteiger partial charge in [-0.25, -0.2) is 0 Å². The number of hydrogen-bond acceptors (Lipinski definition) is 14. The highest BCUT2D eigenvalue weighted by atomic mass is 19.4. The summed E-state index contributed by atoms with van der Waals surface area (Å²) in [4.78, 5) is 0. The molecule has 0 aliphatic carbocycles. The zero-order chi connectivity index (χ0) is 70.4. The molecule has 0 aliphatic heterocycles. The average Bonchev–Trinajstić information content (AvgIpc) is 1.55. The molecule has 0 unspecified atom stereocenters. The number of halogens is 3. The van der Waals surface area contributed by atoms with Crippen LogP contribution in [0, 0.1) is 159 Å². The van der Waals surface area contributed by atoms with E-state index in [1.54, 1.807) is 109 Å². The van der Waals surface area contributed by atoms with E-state index in [9.17, 15) is 86.8 Å². The fourth-order valence-electron chi connectivity index (χ4n) is 13.2. The molecule has 100 heavy (non-hydrogen) atoms. The van der Waals surface area contributed by atoms with Crippen molar-refractivity contribution in [3.63, 3.8) is 0 Å². The average molecular weight is 1280 g/mol. The summed E-state index contributed by atoms with van der Waals surface area (Å²) in [5, 5.41) is 148. The van der Waals surface area contributed by atoms with Crippen LogP contribution >= 0.6 is 0 Å². The molecular formula is C81H29F3N16. The van der Waals surface area contributed by atoms with E-state index in [-0.39, 0.29) is 122 Å². The van der Waals surface area contributed by atoms with E-state index in [1.807, 2.05) is 39.5 Å². The van der Waals surface area contributed by atoms with Crippen LogP contribution in [0.5, 0.6) is 0 Å². The number of fused-ring (bicyclic) bond motifs is 6. The molecule has 0 saturated heterocycles. The van der Waals surface area contributed by atoms with E-state index < -0.39 is 11.7 Å². The first-order chi connectivity index (χ1) is 48.6. The molecule has 13 aromatic rings. The third-order valence-corrected chi connectivity index (χ3v) is 17.4. The fraction of sp³-hybridized carbons (Fsp3) is 0.0123. The second-order valence-electron chi connectivity index (χ2n) is 22.6. The van der Waals surface area contributed by atoms with Gasteiger partial charge in [-0.3, -0.25) is 0 Å². The van der Waals surface area contributed by atoms with Gasteiger partial charge in [-0.2, -0.15) is 86.8 Å². The fourth-order valence-corrected chi connectivity index (χ4v) is 13.2. The smallest absolute Gasteiger partial charge is 0.309 e. The van der Waals surface area contributed by atoms with Gasteiger partial charge < -0.3 is 9.13 Å². The minimum absolute atomic E-state index is 0.00601. The largest absolute Gasteiger partial charge is 0.416 e. The quantitative estimate of drug-likeness (QED) is 0.136. The van der Waals surface area contributed by atoms with Crippen LogP contribution < -0.4 is 0 Å². The molecule has 19 heteroatoms. The number of alkyl halides is 3. The van der Waals surface area contributed by atoms with E-state index >= 15 is 0 Å². The van der Waals surface area contributed by atoms with E-state index in [0.29, 0.717) is 77.2 Å². The minimum Gasteiger partial charge on any atom is -0.309 e. The maximum absolute atomic E-state index is 14.4. The molecule has 0 spiro atoms. The van der Waals surface area contributed by atoms with Crippen molar-refractivity contribution in [3.8, 4) is 163 Å². The van der Waals surface area contributed by atoms with Crippen molar-refractivity contribution in [2.24, 2.45) is 0 Å². The van der Waals surface area contributed by atoms with Crippen LogP contribution in [-0.4, -0.2) is 9.13 Å². The Bertz CT molecular complexity index is 6150. The van der Waals surface area contributed by atoms with Gasteiger partial charge in [-0.05, 0) is 167 Å². The van der Waals surface area contributed by atoms with Crippen molar-refractivity contribution in [2.45, 2.75) is 6.18 Å². The lowest BCUT2D eigenvalue weighted by molar-refractivity contribution is -0.137. The normalized spacial score (nSPS) is 10.6. The summed E-state index contributed by atoms with van der Waals surface area (Å²) in [5.74, 6) is 0. The summed E-state index contributed by atoms with van der Waals surface area (Å²) in [5.41, 5.74) is 4.30. The molecule has 0 saturated carbocycles. The molecule has 13 rings (SSSR count). The van der Waals surface area contributed by atoms with Gasteiger partial charge in [0.1, 0.15) is 0 Å². The standard InChI is InChI=1S/C81H29F3N16/c82-81(83,84)63-9-10-64(54(24-63)35-90)48-4-11-74(99-70-12-5-49(76-55(36-91)16-44(30-85)17-56(76)37-92)26-65(70)66-27-50(6-13-71(66)99)77-57(38-93)18-45(31-86)19-58(77)39-94)69(25-48)80-53(34-89)2-1-3-75(80)100-72-14-7-51(78-59(40-95)20-46(32-87)21-60(78)41-96)28-67(72)68-29-52(8-15-73(68)100)79-61(42-97)22-47(33-88)23-62(79)43-98/h1-29H. The second-order valence-corrected chi connectivity index (χ2v) is 22.6. The van der Waals surface area contributed by atoms with Gasteiger partial charge in [-0.1, -0.05) is 42.5 Å². The Kier molecular flexibility index (Phi) is 15.4. The van der Waals surface area contributed by atoms with E-state index in [4.69, 9.17) is 0 Å². The van der Waals surface area contributed by atoms with Crippen molar-refractivity contribution < 1.29 is 13.2 Å². The molecule has 11 aromatic carbocycles. The highest BCUT2D eigenvalue weighted by Crippen LogP contribution is 2.48. The van der Waals surface area contributed by atoms with Gasteiger partial charge in [0.2, 0.25) is 0 Å². The van der Waals surface area contributed by atoms with Gasteiger partial charge in [0.05, 0.1) is 202 Å². The Morgan fingerprint density at radius 2 is 0.550 bits per heavy atom. The lowest BCUT2D eigenvalue weighted by Crippen LogP contribution is -2.06. The minimum atomic E-state index is -4.84. The number of nitrogens with zero attached hydrogens (tertiary/aromatic N) is 16. The van der Waals surface area contributed by atoms with Gasteiger partial charge >= 0.3 is 6.18 Å².